The van der Waals surface area contributed by atoms with Gasteiger partial charge < -0.3 is 14.4 Å². The Morgan fingerprint density at radius 2 is 1.79 bits per heavy atom. The fraction of sp³-hybridized carbons (Fsp3) is 0.538. The predicted octanol–water partition coefficient (Wildman–Crippen LogP) is 1.39. The van der Waals surface area contributed by atoms with E-state index in [0.29, 0.717) is 0 Å². The summed E-state index contributed by atoms with van der Waals surface area (Å²) in [6.45, 7) is 9.72. The number of aromatic nitrogens is 1. The molecule has 0 saturated carbocycles. The summed E-state index contributed by atoms with van der Waals surface area (Å²) in [6.07, 6.45) is 1.51. The van der Waals surface area contributed by atoms with Gasteiger partial charge in [0, 0.05) is 11.7 Å². The maximum absolute atomic E-state index is 10.9. The van der Waals surface area contributed by atoms with E-state index >= 15 is 0 Å². The Hall–Kier alpha value is -1.40. The van der Waals surface area contributed by atoms with Crippen LogP contribution < -0.4 is 5.46 Å². The van der Waals surface area contributed by atoms with Crippen LogP contribution in [0.25, 0.3) is 0 Å². The van der Waals surface area contributed by atoms with Crippen molar-refractivity contribution in [3.8, 4) is 0 Å². The molecule has 0 spiro atoms. The Morgan fingerprint density at radius 3 is 2.21 bits per heavy atom. The lowest BCUT2D eigenvalue weighted by molar-refractivity contribution is 0.00578. The molecule has 1 fully saturated rings. The summed E-state index contributed by atoms with van der Waals surface area (Å²) >= 11 is 0. The van der Waals surface area contributed by atoms with Crippen LogP contribution in [-0.4, -0.2) is 34.4 Å². The molecule has 19 heavy (non-hydrogen) atoms. The van der Waals surface area contributed by atoms with Crippen LogP contribution in [-0.2, 0) is 9.31 Å². The molecule has 6 heteroatoms. The normalized spacial score (nSPS) is 20.6. The molecule has 0 bridgehead atoms. The van der Waals surface area contributed by atoms with Gasteiger partial charge in [0.25, 0.3) is 0 Å². The molecular formula is C13H18BNO4. The number of aromatic carboxylic acids is 1. The minimum absolute atomic E-state index is 0.0257. The second-order valence-corrected chi connectivity index (χ2v) is 5.82. The van der Waals surface area contributed by atoms with Crippen LogP contribution in [0.4, 0.5) is 0 Å². The van der Waals surface area contributed by atoms with Crippen molar-refractivity contribution in [1.82, 2.24) is 4.98 Å². The average Bonchev–Trinajstić information content (AvgIpc) is 2.47. The van der Waals surface area contributed by atoms with Gasteiger partial charge in [-0.2, -0.15) is 0 Å². The molecule has 5 nitrogen and oxygen atoms in total. The van der Waals surface area contributed by atoms with Crippen LogP contribution in [0.3, 0.4) is 0 Å². The van der Waals surface area contributed by atoms with Crippen LogP contribution >= 0.6 is 0 Å². The highest BCUT2D eigenvalue weighted by Gasteiger charge is 2.52. The van der Waals surface area contributed by atoms with Crippen molar-refractivity contribution in [3.05, 3.63) is 23.5 Å². The van der Waals surface area contributed by atoms with Gasteiger partial charge >= 0.3 is 13.1 Å². The highest BCUT2D eigenvalue weighted by Crippen LogP contribution is 2.36. The number of hydrogen-bond acceptors (Lipinski definition) is 4. The van der Waals surface area contributed by atoms with Gasteiger partial charge in [0.1, 0.15) is 5.69 Å². The van der Waals surface area contributed by atoms with Gasteiger partial charge in [0.2, 0.25) is 0 Å². The lowest BCUT2D eigenvalue weighted by atomic mass is 9.77. The zero-order valence-corrected chi connectivity index (χ0v) is 11.9. The summed E-state index contributed by atoms with van der Waals surface area (Å²) in [5, 5.41) is 8.91. The number of carboxylic acid groups (broad SMARTS) is 1. The zero-order chi connectivity index (χ0) is 14.4. The Balaban J connectivity index is 2.33. The van der Waals surface area contributed by atoms with Crippen molar-refractivity contribution >= 4 is 18.6 Å². The number of hydrogen-bond donors (Lipinski definition) is 1. The van der Waals surface area contributed by atoms with Gasteiger partial charge in [-0.15, -0.1) is 0 Å². The molecule has 1 aliphatic heterocycles. The van der Waals surface area contributed by atoms with Gasteiger partial charge in [0.05, 0.1) is 11.2 Å². The fourth-order valence-corrected chi connectivity index (χ4v) is 1.90. The molecule has 2 heterocycles. The van der Waals surface area contributed by atoms with E-state index in [1.165, 1.54) is 12.3 Å². The summed E-state index contributed by atoms with van der Waals surface area (Å²) in [5.74, 6) is -1.04. The lowest BCUT2D eigenvalue weighted by Gasteiger charge is -2.32. The minimum atomic E-state index is -1.04. The Kier molecular flexibility index (Phi) is 3.19. The van der Waals surface area contributed by atoms with Crippen LogP contribution in [0.15, 0.2) is 12.3 Å². The number of nitrogens with zero attached hydrogens (tertiary/aromatic N) is 1. The first-order valence-electron chi connectivity index (χ1n) is 6.19. The van der Waals surface area contributed by atoms with E-state index < -0.39 is 24.3 Å². The molecule has 1 N–H and O–H groups in total. The topological polar surface area (TPSA) is 68.7 Å². The molecular weight excluding hydrogens is 245 g/mol. The number of aryl methyl sites for hydroxylation is 1. The third-order valence-corrected chi connectivity index (χ3v) is 3.88. The third-order valence-electron chi connectivity index (χ3n) is 3.88. The maximum Gasteiger partial charge on any atom is 0.496 e. The van der Waals surface area contributed by atoms with Crippen molar-refractivity contribution in [3.63, 3.8) is 0 Å². The van der Waals surface area contributed by atoms with Crippen molar-refractivity contribution in [1.29, 1.82) is 0 Å². The van der Waals surface area contributed by atoms with Gasteiger partial charge in [-0.1, -0.05) is 0 Å². The second-order valence-electron chi connectivity index (χ2n) is 5.82. The predicted molar refractivity (Wildman–Crippen MR) is 71.6 cm³/mol. The molecule has 2 rings (SSSR count). The first-order chi connectivity index (χ1) is 8.64. The average molecular weight is 263 g/mol. The summed E-state index contributed by atoms with van der Waals surface area (Å²) in [7, 11) is -0.514. The highest BCUT2D eigenvalue weighted by atomic mass is 16.7. The minimum Gasteiger partial charge on any atom is -0.477 e. The molecule has 1 aromatic rings. The number of carbonyl (C=O) groups is 1. The summed E-state index contributed by atoms with van der Waals surface area (Å²) in [5.41, 5.74) is 0.748. The number of pyridine rings is 1. The van der Waals surface area contributed by atoms with E-state index in [4.69, 9.17) is 14.4 Å². The molecule has 1 aromatic heterocycles. The Labute approximate surface area is 113 Å². The van der Waals surface area contributed by atoms with E-state index in [-0.39, 0.29) is 5.69 Å². The standard InChI is InChI=1S/C13H18BNO4/c1-8-6-10(11(16)17)15-7-9(8)14-18-12(2,3)13(4,5)19-14/h6-7H,1-5H3,(H,16,17). The zero-order valence-electron chi connectivity index (χ0n) is 11.9. The van der Waals surface area contributed by atoms with Gasteiger partial charge in [0.15, 0.2) is 0 Å². The summed E-state index contributed by atoms with van der Waals surface area (Å²) in [6, 6.07) is 1.53. The van der Waals surface area contributed by atoms with Crippen molar-refractivity contribution < 1.29 is 19.2 Å². The van der Waals surface area contributed by atoms with E-state index in [2.05, 4.69) is 4.98 Å². The molecule has 0 aromatic carbocycles. The Bertz CT molecular complexity index is 511. The van der Waals surface area contributed by atoms with Crippen LogP contribution in [0, 0.1) is 6.92 Å². The van der Waals surface area contributed by atoms with E-state index in [1.807, 2.05) is 34.6 Å². The molecule has 1 aliphatic rings. The number of carboxylic acids is 1. The molecule has 0 atom stereocenters. The largest absolute Gasteiger partial charge is 0.496 e. The summed E-state index contributed by atoms with van der Waals surface area (Å²) < 4.78 is 11.8. The van der Waals surface area contributed by atoms with Crippen molar-refractivity contribution in [2.45, 2.75) is 45.8 Å². The molecule has 0 amide bonds. The van der Waals surface area contributed by atoms with Gasteiger partial charge in [-0.25, -0.2) is 9.78 Å². The monoisotopic (exact) mass is 263 g/mol. The molecule has 0 unspecified atom stereocenters. The second kappa shape index (κ2) is 4.32. The van der Waals surface area contributed by atoms with Crippen LogP contribution in [0.2, 0.25) is 0 Å². The first kappa shape index (κ1) is 14.0. The Morgan fingerprint density at radius 1 is 1.26 bits per heavy atom. The fourth-order valence-electron chi connectivity index (χ4n) is 1.90. The highest BCUT2D eigenvalue weighted by molar-refractivity contribution is 6.62. The first-order valence-corrected chi connectivity index (χ1v) is 6.19. The molecule has 0 radical (unpaired) electrons. The maximum atomic E-state index is 10.9. The lowest BCUT2D eigenvalue weighted by Crippen LogP contribution is -2.41. The molecule has 102 valence electrons. The van der Waals surface area contributed by atoms with Crippen molar-refractivity contribution in [2.24, 2.45) is 0 Å². The molecule has 1 saturated heterocycles. The summed E-state index contributed by atoms with van der Waals surface area (Å²) in [4.78, 5) is 14.8. The smallest absolute Gasteiger partial charge is 0.477 e. The third kappa shape index (κ3) is 2.38. The van der Waals surface area contributed by atoms with Gasteiger partial charge in [-0.3, -0.25) is 0 Å². The molecule has 0 aliphatic carbocycles. The van der Waals surface area contributed by atoms with E-state index in [9.17, 15) is 4.79 Å². The van der Waals surface area contributed by atoms with Gasteiger partial charge in [-0.05, 0) is 46.2 Å². The van der Waals surface area contributed by atoms with Crippen LogP contribution in [0.1, 0.15) is 43.7 Å². The SMILES string of the molecule is Cc1cc(C(=O)O)ncc1B1OC(C)(C)C(C)(C)O1. The van der Waals surface area contributed by atoms with Crippen molar-refractivity contribution in [2.75, 3.05) is 0 Å². The van der Waals surface area contributed by atoms with Crippen LogP contribution in [0.5, 0.6) is 0 Å². The number of rotatable bonds is 2. The van der Waals surface area contributed by atoms with E-state index in [1.54, 1.807) is 0 Å². The van der Waals surface area contributed by atoms with E-state index in [0.717, 1.165) is 11.0 Å². The quantitative estimate of drug-likeness (QED) is 0.816.